The van der Waals surface area contributed by atoms with Gasteiger partial charge in [0, 0.05) is 6.54 Å². The molecule has 0 saturated carbocycles. The lowest BCUT2D eigenvalue weighted by atomic mass is 10.2. The highest BCUT2D eigenvalue weighted by atomic mass is 19.1. The van der Waals surface area contributed by atoms with E-state index in [0.717, 1.165) is 5.56 Å². The first kappa shape index (κ1) is 9.96. The van der Waals surface area contributed by atoms with Gasteiger partial charge in [0.05, 0.1) is 5.69 Å². The topological polar surface area (TPSA) is 41.1 Å². The number of nitrogens with one attached hydrogen (secondary N) is 2. The van der Waals surface area contributed by atoms with Gasteiger partial charge in [0.2, 0.25) is 5.91 Å². The zero-order valence-electron chi connectivity index (χ0n) is 8.51. The van der Waals surface area contributed by atoms with E-state index in [9.17, 15) is 9.18 Å². The van der Waals surface area contributed by atoms with Gasteiger partial charge in [-0.2, -0.15) is 0 Å². The third-order valence-electron chi connectivity index (χ3n) is 2.50. The molecular formula is C11H13FN2O. The first-order chi connectivity index (χ1) is 7.16. The van der Waals surface area contributed by atoms with Gasteiger partial charge in [-0.05, 0) is 31.0 Å². The van der Waals surface area contributed by atoms with Crippen LogP contribution in [0.2, 0.25) is 0 Å². The zero-order chi connectivity index (χ0) is 10.8. The maximum Gasteiger partial charge on any atom is 0.242 e. The molecule has 1 aromatic rings. The predicted octanol–water partition coefficient (Wildman–Crippen LogP) is 1.43. The van der Waals surface area contributed by atoms with Crippen LogP contribution in [0.3, 0.4) is 0 Å². The zero-order valence-corrected chi connectivity index (χ0v) is 8.51. The third-order valence-corrected chi connectivity index (χ3v) is 2.50. The molecule has 0 spiro atoms. The van der Waals surface area contributed by atoms with Crippen LogP contribution >= 0.6 is 0 Å². The maximum atomic E-state index is 13.4. The number of anilines is 1. The van der Waals surface area contributed by atoms with Crippen LogP contribution in [0.15, 0.2) is 18.2 Å². The summed E-state index contributed by atoms with van der Waals surface area (Å²) in [5.41, 5.74) is 1.26. The molecule has 1 amide bonds. The van der Waals surface area contributed by atoms with E-state index in [1.807, 2.05) is 13.0 Å². The fourth-order valence-electron chi connectivity index (χ4n) is 1.66. The van der Waals surface area contributed by atoms with Gasteiger partial charge in [0.1, 0.15) is 11.9 Å². The van der Waals surface area contributed by atoms with Crippen LogP contribution in [0.1, 0.15) is 12.0 Å². The van der Waals surface area contributed by atoms with E-state index >= 15 is 0 Å². The monoisotopic (exact) mass is 208 g/mol. The van der Waals surface area contributed by atoms with Gasteiger partial charge in [0.25, 0.3) is 0 Å². The van der Waals surface area contributed by atoms with Crippen LogP contribution in [-0.2, 0) is 4.79 Å². The molecule has 0 aromatic heterocycles. The van der Waals surface area contributed by atoms with Gasteiger partial charge >= 0.3 is 0 Å². The Balaban J connectivity index is 2.13. The van der Waals surface area contributed by atoms with Crippen molar-refractivity contribution < 1.29 is 9.18 Å². The molecule has 3 nitrogen and oxygen atoms in total. The first-order valence-electron chi connectivity index (χ1n) is 4.97. The Labute approximate surface area is 87.7 Å². The number of rotatable bonds is 2. The minimum absolute atomic E-state index is 0.0602. The van der Waals surface area contributed by atoms with Crippen LogP contribution in [0.5, 0.6) is 0 Å². The summed E-state index contributed by atoms with van der Waals surface area (Å²) in [6, 6.07) is 4.63. The summed E-state index contributed by atoms with van der Waals surface area (Å²) in [7, 11) is 0. The van der Waals surface area contributed by atoms with Gasteiger partial charge in [-0.1, -0.05) is 6.07 Å². The first-order valence-corrected chi connectivity index (χ1v) is 4.97. The summed E-state index contributed by atoms with van der Waals surface area (Å²) in [4.78, 5) is 11.3. The van der Waals surface area contributed by atoms with Crippen molar-refractivity contribution in [1.29, 1.82) is 0 Å². The number of carbonyl (C=O) groups is 1. The maximum absolute atomic E-state index is 13.4. The van der Waals surface area contributed by atoms with E-state index < -0.39 is 0 Å². The van der Waals surface area contributed by atoms with Crippen molar-refractivity contribution >= 4 is 11.6 Å². The fourth-order valence-corrected chi connectivity index (χ4v) is 1.66. The quantitative estimate of drug-likeness (QED) is 0.772. The molecule has 1 aliphatic heterocycles. The van der Waals surface area contributed by atoms with Gasteiger partial charge in [-0.25, -0.2) is 4.39 Å². The summed E-state index contributed by atoms with van der Waals surface area (Å²) < 4.78 is 13.4. The molecule has 0 aliphatic carbocycles. The molecule has 1 fully saturated rings. The SMILES string of the molecule is Cc1ccc(N[C@@H]2CCNC2=O)c(F)c1. The van der Waals surface area contributed by atoms with E-state index in [1.165, 1.54) is 6.07 Å². The molecular weight excluding hydrogens is 195 g/mol. The Hall–Kier alpha value is -1.58. The van der Waals surface area contributed by atoms with Crippen molar-refractivity contribution in [3.63, 3.8) is 0 Å². The molecule has 80 valence electrons. The van der Waals surface area contributed by atoms with E-state index in [1.54, 1.807) is 6.07 Å². The van der Waals surface area contributed by atoms with Gasteiger partial charge in [-0.3, -0.25) is 4.79 Å². The summed E-state index contributed by atoms with van der Waals surface area (Å²) in [6.07, 6.45) is 0.701. The molecule has 2 rings (SSSR count). The van der Waals surface area contributed by atoms with E-state index in [2.05, 4.69) is 10.6 Å². The minimum Gasteiger partial charge on any atom is -0.371 e. The van der Waals surface area contributed by atoms with Gasteiger partial charge in [-0.15, -0.1) is 0 Å². The average molecular weight is 208 g/mol. The second kappa shape index (κ2) is 3.88. The summed E-state index contributed by atoms with van der Waals surface area (Å²) in [5.74, 6) is -0.371. The smallest absolute Gasteiger partial charge is 0.242 e. The lowest BCUT2D eigenvalue weighted by Gasteiger charge is -2.12. The summed E-state index contributed by atoms with van der Waals surface area (Å²) in [5, 5.41) is 5.60. The predicted molar refractivity (Wildman–Crippen MR) is 56.2 cm³/mol. The standard InChI is InChI=1S/C11H13FN2O/c1-7-2-3-9(8(12)6-7)14-10-4-5-13-11(10)15/h2-3,6,10,14H,4-5H2,1H3,(H,13,15)/t10-/m1/s1. The van der Waals surface area contributed by atoms with Crippen LogP contribution in [0.4, 0.5) is 10.1 Å². The Morgan fingerprint density at radius 3 is 2.93 bits per heavy atom. The Morgan fingerprint density at radius 1 is 1.53 bits per heavy atom. The molecule has 1 aromatic carbocycles. The largest absolute Gasteiger partial charge is 0.371 e. The number of benzene rings is 1. The second-order valence-electron chi connectivity index (χ2n) is 3.76. The van der Waals surface area contributed by atoms with Gasteiger partial charge < -0.3 is 10.6 Å². The van der Waals surface area contributed by atoms with Crippen LogP contribution < -0.4 is 10.6 Å². The number of hydrogen-bond donors (Lipinski definition) is 2. The Bertz CT molecular complexity index is 392. The molecule has 0 bridgehead atoms. The molecule has 2 N–H and O–H groups in total. The average Bonchev–Trinajstić information content (AvgIpc) is 2.57. The number of amides is 1. The molecule has 1 saturated heterocycles. The van der Waals surface area contributed by atoms with Crippen molar-refractivity contribution in [3.05, 3.63) is 29.6 Å². The van der Waals surface area contributed by atoms with Crippen LogP contribution in [0, 0.1) is 12.7 Å². The molecule has 15 heavy (non-hydrogen) atoms. The van der Waals surface area contributed by atoms with E-state index in [4.69, 9.17) is 0 Å². The summed E-state index contributed by atoms with van der Waals surface area (Å²) >= 11 is 0. The minimum atomic E-state index is -0.310. The highest BCUT2D eigenvalue weighted by Crippen LogP contribution is 2.17. The van der Waals surface area contributed by atoms with Crippen molar-refractivity contribution in [1.82, 2.24) is 5.32 Å². The van der Waals surface area contributed by atoms with Crippen molar-refractivity contribution in [2.45, 2.75) is 19.4 Å². The van der Waals surface area contributed by atoms with Crippen LogP contribution in [-0.4, -0.2) is 18.5 Å². The van der Waals surface area contributed by atoms with E-state index in [-0.39, 0.29) is 17.8 Å². The second-order valence-corrected chi connectivity index (χ2v) is 3.76. The molecule has 1 atom stereocenters. The molecule has 0 radical (unpaired) electrons. The molecule has 4 heteroatoms. The highest BCUT2D eigenvalue weighted by molar-refractivity contribution is 5.86. The van der Waals surface area contributed by atoms with Crippen molar-refractivity contribution in [2.75, 3.05) is 11.9 Å². The third kappa shape index (κ3) is 2.09. The lowest BCUT2D eigenvalue weighted by molar-refractivity contribution is -0.119. The number of hydrogen-bond acceptors (Lipinski definition) is 2. The van der Waals surface area contributed by atoms with Crippen molar-refractivity contribution in [2.24, 2.45) is 0 Å². The van der Waals surface area contributed by atoms with Crippen molar-refractivity contribution in [3.8, 4) is 0 Å². The lowest BCUT2D eigenvalue weighted by Crippen LogP contribution is -2.29. The van der Waals surface area contributed by atoms with Crippen LogP contribution in [0.25, 0.3) is 0 Å². The Kier molecular flexibility index (Phi) is 2.58. The van der Waals surface area contributed by atoms with E-state index in [0.29, 0.717) is 18.7 Å². The number of aryl methyl sites for hydroxylation is 1. The van der Waals surface area contributed by atoms with Gasteiger partial charge in [0.15, 0.2) is 0 Å². The summed E-state index contributed by atoms with van der Waals surface area (Å²) in [6.45, 7) is 2.49. The highest BCUT2D eigenvalue weighted by Gasteiger charge is 2.24. The molecule has 1 aliphatic rings. The number of halogens is 1. The Morgan fingerprint density at radius 2 is 2.33 bits per heavy atom. The fraction of sp³-hybridized carbons (Fsp3) is 0.364. The molecule has 1 heterocycles. The number of carbonyl (C=O) groups excluding carboxylic acids is 1. The normalized spacial score (nSPS) is 20.1. The molecule has 0 unspecified atom stereocenters.